The fourth-order valence-corrected chi connectivity index (χ4v) is 7.22. The predicted octanol–water partition coefficient (Wildman–Crippen LogP) is 13.3. The Bertz CT molecular complexity index is 2550. The van der Waals surface area contributed by atoms with Gasteiger partial charge in [0.05, 0.1) is 11.2 Å². The number of benzene rings is 8. The second-order valence-corrected chi connectivity index (χ2v) is 12.6. The van der Waals surface area contributed by atoms with E-state index in [4.69, 9.17) is 0 Å². The van der Waals surface area contributed by atoms with Gasteiger partial charge < -0.3 is 9.47 Å². The number of hydrogen-bond donors (Lipinski definition) is 0. The summed E-state index contributed by atoms with van der Waals surface area (Å²) < 4.78 is 2.42. The molecule has 2 nitrogen and oxygen atoms in total. The van der Waals surface area contributed by atoms with E-state index < -0.39 is 0 Å². The van der Waals surface area contributed by atoms with Crippen LogP contribution in [0.2, 0.25) is 0 Å². The maximum Gasteiger partial charge on any atom is 0.0619 e. The van der Waals surface area contributed by atoms with Gasteiger partial charge >= 0.3 is 0 Å². The third-order valence-corrected chi connectivity index (χ3v) is 9.57. The lowest BCUT2D eigenvalue weighted by Gasteiger charge is -2.26. The molecule has 0 amide bonds. The maximum atomic E-state index is 2.42. The van der Waals surface area contributed by atoms with E-state index in [1.54, 1.807) is 0 Å². The van der Waals surface area contributed by atoms with Gasteiger partial charge in [0, 0.05) is 33.7 Å². The molecule has 0 N–H and O–H groups in total. The summed E-state index contributed by atoms with van der Waals surface area (Å²) >= 11 is 0. The highest BCUT2D eigenvalue weighted by molar-refractivity contribution is 6.05. The first-order chi connectivity index (χ1) is 24.8. The van der Waals surface area contributed by atoms with E-state index in [0.717, 1.165) is 22.7 Å². The van der Waals surface area contributed by atoms with E-state index in [1.165, 1.54) is 55.2 Å². The Morgan fingerprint density at radius 3 is 1.56 bits per heavy atom. The normalized spacial score (nSPS) is 11.2. The number of hydrogen-bond acceptors (Lipinski definition) is 1. The molecular formula is C48H34N2. The quantitative estimate of drug-likeness (QED) is 0.169. The molecule has 0 spiro atoms. The molecule has 0 aliphatic carbocycles. The molecule has 236 valence electrons. The summed E-state index contributed by atoms with van der Waals surface area (Å²) in [6, 6.07) is 74.0. The summed E-state index contributed by atoms with van der Waals surface area (Å²) in [7, 11) is 0. The number of rotatable bonds is 7. The number of nitrogens with zero attached hydrogens (tertiary/aromatic N) is 2. The van der Waals surface area contributed by atoms with Crippen LogP contribution in [0, 0.1) is 0 Å². The van der Waals surface area contributed by atoms with E-state index in [1.807, 2.05) is 0 Å². The van der Waals surface area contributed by atoms with Gasteiger partial charge in [-0.05, 0) is 87.6 Å². The summed E-state index contributed by atoms with van der Waals surface area (Å²) in [4.78, 5) is 2.33. The minimum absolute atomic E-state index is 1.12. The molecule has 0 fully saturated rings. The van der Waals surface area contributed by atoms with Gasteiger partial charge in [0.25, 0.3) is 0 Å². The Hall–Kier alpha value is -6.64. The Kier molecular flexibility index (Phi) is 7.53. The van der Waals surface area contributed by atoms with Crippen molar-refractivity contribution in [2.45, 2.75) is 0 Å². The molecule has 0 aliphatic heterocycles. The minimum atomic E-state index is 1.12. The molecular weight excluding hydrogens is 605 g/mol. The Balaban J connectivity index is 1.11. The first-order valence-corrected chi connectivity index (χ1v) is 17.1. The van der Waals surface area contributed by atoms with Crippen LogP contribution in [0.25, 0.3) is 60.9 Å². The zero-order chi connectivity index (χ0) is 33.3. The largest absolute Gasteiger partial charge is 0.310 e. The van der Waals surface area contributed by atoms with Crippen molar-refractivity contribution in [1.82, 2.24) is 4.57 Å². The lowest BCUT2D eigenvalue weighted by atomic mass is 9.98. The number of anilines is 3. The van der Waals surface area contributed by atoms with Gasteiger partial charge in [-0.2, -0.15) is 0 Å². The van der Waals surface area contributed by atoms with Gasteiger partial charge in [0.15, 0.2) is 0 Å². The molecule has 0 radical (unpaired) electrons. The zero-order valence-corrected chi connectivity index (χ0v) is 27.5. The van der Waals surface area contributed by atoms with Gasteiger partial charge in [-0.25, -0.2) is 0 Å². The second-order valence-electron chi connectivity index (χ2n) is 12.6. The Morgan fingerprint density at radius 1 is 0.340 bits per heavy atom. The Labute approximate surface area is 292 Å². The van der Waals surface area contributed by atoms with Crippen LogP contribution >= 0.6 is 0 Å². The van der Waals surface area contributed by atoms with Crippen molar-refractivity contribution in [2.75, 3.05) is 4.90 Å². The van der Waals surface area contributed by atoms with E-state index in [0.29, 0.717) is 0 Å². The highest BCUT2D eigenvalue weighted by Crippen LogP contribution is 2.43. The third kappa shape index (κ3) is 5.34. The fraction of sp³-hybridized carbons (Fsp3) is 0. The Morgan fingerprint density at radius 2 is 0.860 bits per heavy atom. The number of para-hydroxylation sites is 2. The van der Waals surface area contributed by atoms with Gasteiger partial charge in [0.2, 0.25) is 0 Å². The first-order valence-electron chi connectivity index (χ1n) is 17.1. The van der Waals surface area contributed by atoms with Crippen LogP contribution < -0.4 is 4.90 Å². The summed E-state index contributed by atoms with van der Waals surface area (Å²) in [5, 5.41) is 3.71. The van der Waals surface area contributed by atoms with Crippen LogP contribution in [0.5, 0.6) is 0 Å². The molecule has 0 aliphatic rings. The molecule has 0 atom stereocenters. The first kappa shape index (κ1) is 29.5. The van der Waals surface area contributed by atoms with Gasteiger partial charge in [-0.3, -0.25) is 0 Å². The monoisotopic (exact) mass is 638 g/mol. The fourth-order valence-electron chi connectivity index (χ4n) is 7.22. The molecule has 9 rings (SSSR count). The molecule has 50 heavy (non-hydrogen) atoms. The molecule has 8 aromatic carbocycles. The van der Waals surface area contributed by atoms with E-state index in [9.17, 15) is 0 Å². The smallest absolute Gasteiger partial charge is 0.0619 e. The molecule has 0 saturated carbocycles. The summed E-state index contributed by atoms with van der Waals surface area (Å²) in [5.41, 5.74) is 12.9. The van der Waals surface area contributed by atoms with Crippen LogP contribution in [0.3, 0.4) is 0 Å². The highest BCUT2D eigenvalue weighted by Gasteiger charge is 2.21. The van der Waals surface area contributed by atoms with Crippen molar-refractivity contribution in [3.63, 3.8) is 0 Å². The lowest BCUT2D eigenvalue weighted by Crippen LogP contribution is -2.09. The van der Waals surface area contributed by atoms with Crippen LogP contribution in [-0.4, -0.2) is 4.57 Å². The van der Waals surface area contributed by atoms with Crippen LogP contribution in [0.4, 0.5) is 17.1 Å². The predicted molar refractivity (Wildman–Crippen MR) is 212 cm³/mol. The molecule has 0 unspecified atom stereocenters. The van der Waals surface area contributed by atoms with Crippen molar-refractivity contribution < 1.29 is 0 Å². The third-order valence-electron chi connectivity index (χ3n) is 9.57. The minimum Gasteiger partial charge on any atom is -0.310 e. The van der Waals surface area contributed by atoms with Gasteiger partial charge in [-0.15, -0.1) is 0 Å². The molecule has 0 saturated heterocycles. The van der Waals surface area contributed by atoms with Crippen LogP contribution in [0.15, 0.2) is 206 Å². The van der Waals surface area contributed by atoms with Crippen molar-refractivity contribution >= 4 is 38.7 Å². The average Bonchev–Trinajstić information content (AvgIpc) is 3.55. The van der Waals surface area contributed by atoms with E-state index in [-0.39, 0.29) is 0 Å². The molecule has 9 aromatic rings. The maximum absolute atomic E-state index is 2.42. The summed E-state index contributed by atoms with van der Waals surface area (Å²) in [6.45, 7) is 0. The topological polar surface area (TPSA) is 8.17 Å². The molecule has 1 aromatic heterocycles. The zero-order valence-electron chi connectivity index (χ0n) is 27.5. The van der Waals surface area contributed by atoms with Crippen molar-refractivity contribution in [2.24, 2.45) is 0 Å². The van der Waals surface area contributed by atoms with E-state index >= 15 is 0 Å². The standard InChI is InChI=1S/C48H34N2/c1-4-15-38(16-5-1)47-45-22-12-13-23-46(45)50(48(47)39-17-6-2-7-18-39)43-31-26-37(27-32-43)36-24-29-42(30-25-36)49(41-20-8-3-9-21-41)44-33-28-35-14-10-11-19-40(35)34-44/h1-34H. The average molecular weight is 639 g/mol. The number of fused-ring (bicyclic) bond motifs is 2. The van der Waals surface area contributed by atoms with Crippen LogP contribution in [-0.2, 0) is 0 Å². The molecule has 0 bridgehead atoms. The molecule has 1 heterocycles. The van der Waals surface area contributed by atoms with Crippen LogP contribution in [0.1, 0.15) is 0 Å². The van der Waals surface area contributed by atoms with Crippen molar-refractivity contribution in [3.05, 3.63) is 206 Å². The lowest BCUT2D eigenvalue weighted by molar-refractivity contribution is 1.14. The summed E-state index contributed by atoms with van der Waals surface area (Å²) in [5.74, 6) is 0. The second kappa shape index (κ2) is 12.8. The highest BCUT2D eigenvalue weighted by atomic mass is 15.1. The molecule has 2 heteroatoms. The van der Waals surface area contributed by atoms with Gasteiger partial charge in [0.1, 0.15) is 0 Å². The summed E-state index contributed by atoms with van der Waals surface area (Å²) in [6.07, 6.45) is 0. The van der Waals surface area contributed by atoms with Crippen molar-refractivity contribution in [3.8, 4) is 39.2 Å². The van der Waals surface area contributed by atoms with Gasteiger partial charge in [-0.1, -0.05) is 152 Å². The SMILES string of the molecule is c1ccc(-c2c(-c3ccccc3)n(-c3ccc(-c4ccc(N(c5ccccc5)c5ccc6ccccc6c5)cc4)cc3)c3ccccc23)cc1. The number of aromatic nitrogens is 1. The van der Waals surface area contributed by atoms with Crippen molar-refractivity contribution in [1.29, 1.82) is 0 Å². The van der Waals surface area contributed by atoms with E-state index in [2.05, 4.69) is 216 Å².